The van der Waals surface area contributed by atoms with Crippen molar-refractivity contribution in [3.8, 4) is 23.3 Å². The summed E-state index contributed by atoms with van der Waals surface area (Å²) in [5, 5.41) is 5.74. The van der Waals surface area contributed by atoms with Crippen molar-refractivity contribution < 1.29 is 14.3 Å². The number of ether oxygens (including phenoxy) is 2. The van der Waals surface area contributed by atoms with Crippen molar-refractivity contribution >= 4 is 34.2 Å². The number of amides is 1. The van der Waals surface area contributed by atoms with E-state index in [0.717, 1.165) is 6.42 Å². The van der Waals surface area contributed by atoms with Crippen LogP contribution in [0.25, 0.3) is 10.9 Å². The molecular formula is C23H22ClN5O3. The molecule has 9 heteroatoms. The SMILES string of the molecule is C=CC(=O)N1CCC(n2nc(C#Cc3cc(OC)cc(OC)c3)c3c(N)ncc(Cl)c32)C1. The second kappa shape index (κ2) is 8.81. The number of fused-ring (bicyclic) bond motifs is 1. The molecule has 0 saturated carbocycles. The summed E-state index contributed by atoms with van der Waals surface area (Å²) in [6.07, 6.45) is 3.55. The van der Waals surface area contributed by atoms with E-state index >= 15 is 0 Å². The topological polar surface area (TPSA) is 95.5 Å². The summed E-state index contributed by atoms with van der Waals surface area (Å²) in [5.74, 6) is 7.64. The molecule has 1 amide bonds. The van der Waals surface area contributed by atoms with Gasteiger partial charge in [-0.25, -0.2) is 4.98 Å². The number of nitrogens with zero attached hydrogens (tertiary/aromatic N) is 4. The molecule has 1 fully saturated rings. The molecule has 1 unspecified atom stereocenters. The third-order valence-corrected chi connectivity index (χ3v) is 5.66. The van der Waals surface area contributed by atoms with Gasteiger partial charge in [0.1, 0.15) is 23.0 Å². The first-order valence-electron chi connectivity index (χ1n) is 9.93. The first kappa shape index (κ1) is 21.5. The minimum Gasteiger partial charge on any atom is -0.497 e. The lowest BCUT2D eigenvalue weighted by Crippen LogP contribution is -2.27. The smallest absolute Gasteiger partial charge is 0.246 e. The molecule has 4 rings (SSSR count). The Morgan fingerprint density at radius 3 is 2.66 bits per heavy atom. The molecule has 0 bridgehead atoms. The fraction of sp³-hybridized carbons (Fsp3) is 0.261. The summed E-state index contributed by atoms with van der Waals surface area (Å²) in [5.41, 5.74) is 8.00. The number of nitrogens with two attached hydrogens (primary N) is 1. The maximum absolute atomic E-state index is 12.0. The third kappa shape index (κ3) is 3.95. The van der Waals surface area contributed by atoms with Crippen LogP contribution in [0.4, 0.5) is 5.82 Å². The van der Waals surface area contributed by atoms with Gasteiger partial charge in [0.2, 0.25) is 5.91 Å². The number of anilines is 1. The Bertz CT molecular complexity index is 1250. The van der Waals surface area contributed by atoms with Gasteiger partial charge in [-0.3, -0.25) is 9.48 Å². The molecule has 1 aliphatic rings. The fourth-order valence-corrected chi connectivity index (χ4v) is 4.02. The summed E-state index contributed by atoms with van der Waals surface area (Å²) in [7, 11) is 3.16. The number of rotatable bonds is 4. The minimum atomic E-state index is -0.108. The molecular weight excluding hydrogens is 430 g/mol. The molecule has 32 heavy (non-hydrogen) atoms. The largest absolute Gasteiger partial charge is 0.497 e. The molecule has 0 spiro atoms. The van der Waals surface area contributed by atoms with E-state index in [4.69, 9.17) is 31.9 Å². The number of aromatic nitrogens is 3. The van der Waals surface area contributed by atoms with Crippen molar-refractivity contribution in [3.05, 3.63) is 53.3 Å². The maximum atomic E-state index is 12.0. The van der Waals surface area contributed by atoms with Gasteiger partial charge >= 0.3 is 0 Å². The van der Waals surface area contributed by atoms with Crippen LogP contribution in [0, 0.1) is 11.8 Å². The van der Waals surface area contributed by atoms with Crippen molar-refractivity contribution in [2.75, 3.05) is 33.0 Å². The lowest BCUT2D eigenvalue weighted by Gasteiger charge is -2.15. The van der Waals surface area contributed by atoms with E-state index in [1.165, 1.54) is 12.3 Å². The van der Waals surface area contributed by atoms with Crippen molar-refractivity contribution in [3.63, 3.8) is 0 Å². The van der Waals surface area contributed by atoms with Gasteiger partial charge in [-0.05, 0) is 30.6 Å². The molecule has 1 aromatic carbocycles. The summed E-state index contributed by atoms with van der Waals surface area (Å²) in [4.78, 5) is 17.9. The van der Waals surface area contributed by atoms with Crippen molar-refractivity contribution in [1.29, 1.82) is 0 Å². The van der Waals surface area contributed by atoms with Crippen LogP contribution in [0.5, 0.6) is 11.5 Å². The van der Waals surface area contributed by atoms with Crippen molar-refractivity contribution in [1.82, 2.24) is 19.7 Å². The molecule has 3 aromatic rings. The van der Waals surface area contributed by atoms with Crippen LogP contribution in [-0.2, 0) is 4.79 Å². The zero-order chi connectivity index (χ0) is 22.8. The number of likely N-dealkylation sites (tertiary alicyclic amines) is 1. The number of carbonyl (C=O) groups excluding carboxylic acids is 1. The normalized spacial score (nSPS) is 15.3. The molecule has 3 heterocycles. The van der Waals surface area contributed by atoms with E-state index in [0.29, 0.717) is 57.6 Å². The Kier molecular flexibility index (Phi) is 5.93. The van der Waals surface area contributed by atoms with E-state index in [-0.39, 0.29) is 11.9 Å². The lowest BCUT2D eigenvalue weighted by atomic mass is 10.1. The molecule has 0 aliphatic carbocycles. The number of hydrogen-bond donors (Lipinski definition) is 1. The molecule has 8 nitrogen and oxygen atoms in total. The highest BCUT2D eigenvalue weighted by Gasteiger charge is 2.29. The second-order valence-electron chi connectivity index (χ2n) is 7.29. The van der Waals surface area contributed by atoms with Gasteiger partial charge in [-0.15, -0.1) is 0 Å². The third-order valence-electron chi connectivity index (χ3n) is 5.38. The number of benzene rings is 1. The Hall–Kier alpha value is -3.70. The number of methoxy groups -OCH3 is 2. The predicted octanol–water partition coefficient (Wildman–Crippen LogP) is 3.04. The van der Waals surface area contributed by atoms with Crippen LogP contribution in [0.1, 0.15) is 23.7 Å². The van der Waals surface area contributed by atoms with Crippen LogP contribution in [0.15, 0.2) is 37.1 Å². The zero-order valence-corrected chi connectivity index (χ0v) is 18.5. The van der Waals surface area contributed by atoms with Crippen LogP contribution in [0.3, 0.4) is 0 Å². The average Bonchev–Trinajstić information content (AvgIpc) is 3.45. The van der Waals surface area contributed by atoms with E-state index < -0.39 is 0 Å². The van der Waals surface area contributed by atoms with E-state index in [9.17, 15) is 4.79 Å². The molecule has 164 valence electrons. The summed E-state index contributed by atoms with van der Waals surface area (Å²) < 4.78 is 12.4. The highest BCUT2D eigenvalue weighted by molar-refractivity contribution is 6.35. The van der Waals surface area contributed by atoms with Crippen molar-refractivity contribution in [2.45, 2.75) is 12.5 Å². The van der Waals surface area contributed by atoms with Crippen LogP contribution in [-0.4, -0.2) is 52.9 Å². The second-order valence-corrected chi connectivity index (χ2v) is 7.70. The zero-order valence-electron chi connectivity index (χ0n) is 17.8. The number of carbonyl (C=O) groups is 1. The molecule has 2 N–H and O–H groups in total. The van der Waals surface area contributed by atoms with E-state index in [1.54, 1.807) is 37.3 Å². The fourth-order valence-electron chi connectivity index (χ4n) is 3.79. The van der Waals surface area contributed by atoms with Gasteiger partial charge in [0.15, 0.2) is 0 Å². The van der Waals surface area contributed by atoms with Crippen LogP contribution in [0.2, 0.25) is 5.02 Å². The monoisotopic (exact) mass is 451 g/mol. The van der Waals surface area contributed by atoms with Gasteiger partial charge < -0.3 is 20.1 Å². The Morgan fingerprint density at radius 2 is 2.00 bits per heavy atom. The van der Waals surface area contributed by atoms with Gasteiger partial charge in [-0.1, -0.05) is 24.1 Å². The molecule has 1 atom stereocenters. The summed E-state index contributed by atoms with van der Waals surface area (Å²) in [6.45, 7) is 4.68. The highest BCUT2D eigenvalue weighted by atomic mass is 35.5. The lowest BCUT2D eigenvalue weighted by molar-refractivity contribution is -0.125. The van der Waals surface area contributed by atoms with Gasteiger partial charge in [0, 0.05) is 24.7 Å². The predicted molar refractivity (Wildman–Crippen MR) is 123 cm³/mol. The summed E-state index contributed by atoms with van der Waals surface area (Å²) >= 11 is 6.49. The number of pyridine rings is 1. The molecule has 2 aromatic heterocycles. The van der Waals surface area contributed by atoms with Gasteiger partial charge in [-0.2, -0.15) is 5.10 Å². The highest BCUT2D eigenvalue weighted by Crippen LogP contribution is 2.34. The average molecular weight is 452 g/mol. The number of halogens is 1. The first-order valence-corrected chi connectivity index (χ1v) is 10.3. The molecule has 1 saturated heterocycles. The Balaban J connectivity index is 1.80. The Labute approximate surface area is 190 Å². The van der Waals surface area contributed by atoms with Crippen molar-refractivity contribution in [2.24, 2.45) is 0 Å². The van der Waals surface area contributed by atoms with E-state index in [2.05, 4.69) is 23.4 Å². The van der Waals surface area contributed by atoms with Gasteiger partial charge in [0.25, 0.3) is 0 Å². The van der Waals surface area contributed by atoms with E-state index in [1.807, 2.05) is 4.68 Å². The minimum absolute atomic E-state index is 0.0619. The quantitative estimate of drug-likeness (QED) is 0.484. The standard InChI is InChI=1S/C23H22ClN5O3/c1-4-20(30)28-8-7-15(13-28)29-22-18(24)12-26-23(25)21(22)19(27-29)6-5-14-9-16(31-2)11-17(10-14)32-3/h4,9-12,15H,1,7-8,13H2,2-3H3,(H2,25,26). The summed E-state index contributed by atoms with van der Waals surface area (Å²) in [6, 6.07) is 5.32. The number of nitrogen functional groups attached to an aromatic ring is 1. The van der Waals surface area contributed by atoms with Crippen LogP contribution < -0.4 is 15.2 Å². The van der Waals surface area contributed by atoms with Gasteiger partial charge in [0.05, 0.1) is 42.4 Å². The Morgan fingerprint density at radius 1 is 1.28 bits per heavy atom. The maximum Gasteiger partial charge on any atom is 0.246 e. The molecule has 0 radical (unpaired) electrons. The number of hydrogen-bond acceptors (Lipinski definition) is 6. The first-order chi connectivity index (χ1) is 15.4. The van der Waals surface area contributed by atoms with Crippen LogP contribution >= 0.6 is 11.6 Å². The molecule has 1 aliphatic heterocycles.